The van der Waals surface area contributed by atoms with Crippen LogP contribution in [0.5, 0.6) is 0 Å². The summed E-state index contributed by atoms with van der Waals surface area (Å²) in [6.45, 7) is 3.66. The Morgan fingerprint density at radius 2 is 1.88 bits per heavy atom. The molecule has 7 heteroatoms. The van der Waals surface area contributed by atoms with E-state index >= 15 is 0 Å². The number of aliphatic hydroxyl groups is 1. The predicted octanol–water partition coefficient (Wildman–Crippen LogP) is 2.21. The van der Waals surface area contributed by atoms with E-state index in [1.807, 2.05) is 0 Å². The number of carbonyl (C=O) groups is 2. The minimum absolute atomic E-state index is 0.126. The summed E-state index contributed by atoms with van der Waals surface area (Å²) in [5.41, 5.74) is 0.985. The van der Waals surface area contributed by atoms with Crippen molar-refractivity contribution in [2.24, 2.45) is 0 Å². The number of hydrogen-bond acceptors (Lipinski definition) is 4. The quantitative estimate of drug-likeness (QED) is 0.731. The lowest BCUT2D eigenvalue weighted by Gasteiger charge is -2.10. The largest absolute Gasteiger partial charge is 0.466 e. The molecule has 0 aliphatic carbocycles. The Bertz CT molecular complexity index is 725. The molecule has 1 atom stereocenters. The molecular weight excluding hydrogens is 315 g/mol. The van der Waals surface area contributed by atoms with Crippen LogP contribution < -0.4 is 10.6 Å². The number of carbonyl (C=O) groups excluding carboxylic acids is 2. The molecular formula is C17H19FN2O4. The third-order valence-corrected chi connectivity index (χ3v) is 3.45. The average Bonchev–Trinajstić information content (AvgIpc) is 2.88. The molecule has 0 spiro atoms. The second-order valence-corrected chi connectivity index (χ2v) is 5.39. The molecule has 128 valence electrons. The van der Waals surface area contributed by atoms with Crippen molar-refractivity contribution in [3.8, 4) is 0 Å². The zero-order valence-corrected chi connectivity index (χ0v) is 13.4. The molecule has 0 saturated heterocycles. The van der Waals surface area contributed by atoms with Crippen LogP contribution in [0.3, 0.4) is 0 Å². The third kappa shape index (κ3) is 4.66. The lowest BCUT2D eigenvalue weighted by molar-refractivity contribution is -0.136. The first-order valence-electron chi connectivity index (χ1n) is 7.46. The maximum absolute atomic E-state index is 12.8. The van der Waals surface area contributed by atoms with Crippen molar-refractivity contribution in [2.75, 3.05) is 11.9 Å². The molecule has 0 aliphatic rings. The lowest BCUT2D eigenvalue weighted by Crippen LogP contribution is -2.36. The predicted molar refractivity (Wildman–Crippen MR) is 85.8 cm³/mol. The zero-order valence-electron chi connectivity index (χ0n) is 13.4. The van der Waals surface area contributed by atoms with E-state index in [4.69, 9.17) is 4.42 Å². The van der Waals surface area contributed by atoms with E-state index in [1.54, 1.807) is 19.9 Å². The van der Waals surface area contributed by atoms with Gasteiger partial charge in [-0.05, 0) is 50.6 Å². The Kier molecular flexibility index (Phi) is 5.70. The van der Waals surface area contributed by atoms with E-state index in [9.17, 15) is 19.1 Å². The highest BCUT2D eigenvalue weighted by Crippen LogP contribution is 2.23. The van der Waals surface area contributed by atoms with Gasteiger partial charge in [0.1, 0.15) is 17.3 Å². The summed E-state index contributed by atoms with van der Waals surface area (Å²) >= 11 is 0. The highest BCUT2D eigenvalue weighted by atomic mass is 19.1. The first-order valence-corrected chi connectivity index (χ1v) is 7.46. The van der Waals surface area contributed by atoms with Crippen molar-refractivity contribution in [1.29, 1.82) is 0 Å². The molecule has 1 heterocycles. The first kappa shape index (κ1) is 17.7. The van der Waals surface area contributed by atoms with Gasteiger partial charge in [0.2, 0.25) is 0 Å². The van der Waals surface area contributed by atoms with Crippen LogP contribution in [0, 0.1) is 19.7 Å². The van der Waals surface area contributed by atoms with Crippen molar-refractivity contribution >= 4 is 17.5 Å². The maximum atomic E-state index is 12.8. The summed E-state index contributed by atoms with van der Waals surface area (Å²) in [4.78, 5) is 23.4. The first-order chi connectivity index (χ1) is 11.4. The fourth-order valence-electron chi connectivity index (χ4n) is 2.26. The minimum atomic E-state index is -0.855. The monoisotopic (exact) mass is 334 g/mol. The number of anilines is 1. The number of rotatable bonds is 5. The molecule has 1 unspecified atom stereocenters. The van der Waals surface area contributed by atoms with Gasteiger partial charge in [-0.3, -0.25) is 9.59 Å². The van der Waals surface area contributed by atoms with Crippen LogP contribution in [0.15, 0.2) is 34.7 Å². The van der Waals surface area contributed by atoms with Crippen molar-refractivity contribution in [2.45, 2.75) is 26.4 Å². The van der Waals surface area contributed by atoms with Gasteiger partial charge in [-0.1, -0.05) is 0 Å². The molecule has 0 saturated carbocycles. The van der Waals surface area contributed by atoms with E-state index in [0.717, 1.165) is 0 Å². The van der Waals surface area contributed by atoms with Crippen molar-refractivity contribution in [3.63, 3.8) is 0 Å². The van der Waals surface area contributed by atoms with Gasteiger partial charge >= 0.3 is 11.8 Å². The van der Waals surface area contributed by atoms with Crippen LogP contribution in [0.4, 0.5) is 10.1 Å². The molecule has 2 aromatic rings. The van der Waals surface area contributed by atoms with E-state index in [-0.39, 0.29) is 13.0 Å². The van der Waals surface area contributed by atoms with Gasteiger partial charge < -0.3 is 20.2 Å². The average molecular weight is 334 g/mol. The number of aliphatic hydroxyl groups excluding tert-OH is 1. The number of aryl methyl sites for hydroxylation is 2. The number of benzene rings is 1. The second kappa shape index (κ2) is 7.74. The van der Waals surface area contributed by atoms with Crippen molar-refractivity contribution in [3.05, 3.63) is 53.2 Å². The highest BCUT2D eigenvalue weighted by Gasteiger charge is 2.17. The Labute approximate surface area is 138 Å². The Morgan fingerprint density at radius 3 is 2.46 bits per heavy atom. The summed E-state index contributed by atoms with van der Waals surface area (Å²) < 4.78 is 18.1. The molecule has 0 aliphatic heterocycles. The number of furan rings is 1. The van der Waals surface area contributed by atoms with E-state index < -0.39 is 23.7 Å². The van der Waals surface area contributed by atoms with Gasteiger partial charge in [0, 0.05) is 17.8 Å². The molecule has 0 fully saturated rings. The summed E-state index contributed by atoms with van der Waals surface area (Å²) in [7, 11) is 0. The molecule has 0 bridgehead atoms. The number of halogens is 1. The maximum Gasteiger partial charge on any atom is 0.313 e. The minimum Gasteiger partial charge on any atom is -0.466 e. The number of nitrogens with one attached hydrogen (secondary N) is 2. The van der Waals surface area contributed by atoms with Gasteiger partial charge in [-0.25, -0.2) is 4.39 Å². The van der Waals surface area contributed by atoms with Crippen LogP contribution in [0.25, 0.3) is 0 Å². The standard InChI is InChI=1S/C17H19FN2O4/c1-10-9-14(11(2)24-10)15(21)7-8-19-16(22)17(23)20-13-5-3-12(18)4-6-13/h3-6,9,15,21H,7-8H2,1-2H3,(H,19,22)(H,20,23). The molecule has 3 N–H and O–H groups in total. The van der Waals surface area contributed by atoms with Crippen molar-refractivity contribution in [1.82, 2.24) is 5.32 Å². The van der Waals surface area contributed by atoms with E-state index in [1.165, 1.54) is 24.3 Å². The van der Waals surface area contributed by atoms with Crippen LogP contribution >= 0.6 is 0 Å². The zero-order chi connectivity index (χ0) is 17.7. The molecule has 6 nitrogen and oxygen atoms in total. The molecule has 2 amide bonds. The number of hydrogen-bond donors (Lipinski definition) is 3. The number of amides is 2. The summed E-state index contributed by atoms with van der Waals surface area (Å²) in [6.07, 6.45) is -0.544. The normalized spacial score (nSPS) is 11.8. The van der Waals surface area contributed by atoms with Gasteiger partial charge in [0.25, 0.3) is 0 Å². The summed E-state index contributed by atoms with van der Waals surface area (Å²) in [5.74, 6) is -0.793. The Hall–Kier alpha value is -2.67. The topological polar surface area (TPSA) is 91.6 Å². The van der Waals surface area contributed by atoms with Gasteiger partial charge in [0.15, 0.2) is 0 Å². The van der Waals surface area contributed by atoms with E-state index in [2.05, 4.69) is 10.6 Å². The highest BCUT2D eigenvalue weighted by molar-refractivity contribution is 6.39. The third-order valence-electron chi connectivity index (χ3n) is 3.45. The molecule has 24 heavy (non-hydrogen) atoms. The van der Waals surface area contributed by atoms with Crippen molar-refractivity contribution < 1.29 is 23.5 Å². The van der Waals surface area contributed by atoms with Crippen LogP contribution in [-0.2, 0) is 9.59 Å². The molecule has 2 rings (SSSR count). The van der Waals surface area contributed by atoms with Crippen LogP contribution in [0.1, 0.15) is 29.6 Å². The fourth-order valence-corrected chi connectivity index (χ4v) is 2.26. The Morgan fingerprint density at radius 1 is 1.21 bits per heavy atom. The van der Waals surface area contributed by atoms with E-state index in [0.29, 0.717) is 22.8 Å². The van der Waals surface area contributed by atoms with Gasteiger partial charge in [-0.15, -0.1) is 0 Å². The summed E-state index contributed by atoms with van der Waals surface area (Å²) in [6, 6.07) is 6.81. The molecule has 1 aromatic heterocycles. The van der Waals surface area contributed by atoms with Crippen LogP contribution in [-0.4, -0.2) is 23.5 Å². The smallest absolute Gasteiger partial charge is 0.313 e. The fraction of sp³-hybridized carbons (Fsp3) is 0.294. The molecule has 0 radical (unpaired) electrons. The van der Waals surface area contributed by atoms with Gasteiger partial charge in [0.05, 0.1) is 6.10 Å². The Balaban J connectivity index is 1.79. The van der Waals surface area contributed by atoms with Crippen LogP contribution in [0.2, 0.25) is 0 Å². The second-order valence-electron chi connectivity index (χ2n) is 5.39. The summed E-state index contributed by atoms with van der Waals surface area (Å²) in [5, 5.41) is 14.9. The lowest BCUT2D eigenvalue weighted by atomic mass is 10.1. The van der Waals surface area contributed by atoms with Gasteiger partial charge in [-0.2, -0.15) is 0 Å². The SMILES string of the molecule is Cc1cc(C(O)CCNC(=O)C(=O)Nc2ccc(F)cc2)c(C)o1. The molecule has 1 aromatic carbocycles.